The molecule has 0 aliphatic carbocycles. The van der Waals surface area contributed by atoms with Crippen LogP contribution in [0, 0.1) is 0 Å². The molecule has 2 heterocycles. The van der Waals surface area contributed by atoms with E-state index in [9.17, 15) is 4.79 Å². The summed E-state index contributed by atoms with van der Waals surface area (Å²) in [7, 11) is 0. The summed E-state index contributed by atoms with van der Waals surface area (Å²) >= 11 is 3.24. The van der Waals surface area contributed by atoms with Crippen molar-refractivity contribution in [1.82, 2.24) is 15.2 Å². The second-order valence-electron chi connectivity index (χ2n) is 7.10. The molecule has 3 aromatic rings. The molecule has 8 heteroatoms. The second-order valence-corrected chi connectivity index (χ2v) is 9.04. The molecule has 6 nitrogen and oxygen atoms in total. The van der Waals surface area contributed by atoms with Gasteiger partial charge in [0.2, 0.25) is 23.2 Å². The van der Waals surface area contributed by atoms with Gasteiger partial charge >= 0.3 is 0 Å². The number of carbonyl (C=O) groups excluding carboxylic acids is 1. The first kappa shape index (κ1) is 21.6. The van der Waals surface area contributed by atoms with E-state index in [1.807, 2.05) is 54.8 Å². The van der Waals surface area contributed by atoms with Gasteiger partial charge in [-0.1, -0.05) is 55.4 Å². The monoisotopic (exact) mass is 452 g/mol. The molecule has 0 spiro atoms. The zero-order valence-corrected chi connectivity index (χ0v) is 19.4. The van der Waals surface area contributed by atoms with Crippen LogP contribution in [0.15, 0.2) is 58.6 Å². The Morgan fingerprint density at radius 1 is 1.13 bits per heavy atom. The maximum absolute atomic E-state index is 12.8. The van der Waals surface area contributed by atoms with Crippen molar-refractivity contribution in [1.29, 1.82) is 0 Å². The first-order chi connectivity index (χ1) is 15.1. The highest BCUT2D eigenvalue weighted by Gasteiger charge is 2.34. The number of benzene rings is 2. The summed E-state index contributed by atoms with van der Waals surface area (Å²) in [6.45, 7) is 3.70. The maximum atomic E-state index is 12.8. The number of ether oxygens (including phenoxy) is 1. The summed E-state index contributed by atoms with van der Waals surface area (Å²) < 4.78 is 6.39. The Morgan fingerprint density at radius 2 is 1.90 bits per heavy atom. The molecule has 0 radical (unpaired) electrons. The summed E-state index contributed by atoms with van der Waals surface area (Å²) in [5, 5.41) is 9.34. The Bertz CT molecular complexity index is 1080. The second kappa shape index (κ2) is 9.70. The quantitative estimate of drug-likeness (QED) is 0.356. The first-order valence-corrected chi connectivity index (χ1v) is 12.4. The van der Waals surface area contributed by atoms with Crippen LogP contribution >= 0.6 is 23.5 Å². The van der Waals surface area contributed by atoms with Crippen molar-refractivity contribution in [3.8, 4) is 17.1 Å². The van der Waals surface area contributed by atoms with Crippen LogP contribution in [0.25, 0.3) is 11.3 Å². The van der Waals surface area contributed by atoms with E-state index < -0.39 is 6.23 Å². The number of nitrogens with zero attached hydrogens (tertiary/aromatic N) is 4. The number of unbranched alkanes of at least 4 members (excludes halogenated alkanes) is 1. The lowest BCUT2D eigenvalue weighted by Gasteiger charge is -2.30. The molecular weight excluding hydrogens is 428 g/mol. The van der Waals surface area contributed by atoms with Gasteiger partial charge in [0.15, 0.2) is 5.69 Å². The van der Waals surface area contributed by atoms with Gasteiger partial charge < -0.3 is 4.74 Å². The number of aromatic nitrogens is 3. The van der Waals surface area contributed by atoms with Gasteiger partial charge in [0.1, 0.15) is 0 Å². The number of para-hydroxylation sites is 1. The molecule has 0 unspecified atom stereocenters. The van der Waals surface area contributed by atoms with Crippen LogP contribution < -0.4 is 9.64 Å². The van der Waals surface area contributed by atoms with Crippen molar-refractivity contribution in [2.75, 3.05) is 16.9 Å². The van der Waals surface area contributed by atoms with Crippen LogP contribution in [-0.2, 0) is 4.79 Å². The summed E-state index contributed by atoms with van der Waals surface area (Å²) in [5.41, 5.74) is 2.93. The Morgan fingerprint density at radius 3 is 2.61 bits per heavy atom. The van der Waals surface area contributed by atoms with Gasteiger partial charge in [-0.2, -0.15) is 4.98 Å². The molecule has 4 rings (SSSR count). The minimum absolute atomic E-state index is 0.121. The first-order valence-electron chi connectivity index (χ1n) is 10.2. The number of hydrogen-bond donors (Lipinski definition) is 0. The molecule has 1 aliphatic heterocycles. The number of carbonyl (C=O) groups is 1. The minimum atomic E-state index is -0.652. The summed E-state index contributed by atoms with van der Waals surface area (Å²) in [4.78, 5) is 20.3. The molecular formula is C23H24N4O2S2. The van der Waals surface area contributed by atoms with E-state index in [1.165, 1.54) is 0 Å². The average molecular weight is 453 g/mol. The van der Waals surface area contributed by atoms with Crippen molar-refractivity contribution in [3.63, 3.8) is 0 Å². The molecule has 0 saturated heterocycles. The Kier molecular flexibility index (Phi) is 6.77. The highest BCUT2D eigenvalue weighted by Crippen LogP contribution is 2.43. The summed E-state index contributed by atoms with van der Waals surface area (Å²) in [6, 6.07) is 15.7. The van der Waals surface area contributed by atoms with Crippen LogP contribution in [0.1, 0.15) is 38.5 Å². The molecule has 0 fully saturated rings. The Balaban J connectivity index is 1.83. The molecule has 31 heavy (non-hydrogen) atoms. The smallest absolute Gasteiger partial charge is 0.247 e. The number of amides is 1. The van der Waals surface area contributed by atoms with Crippen molar-refractivity contribution in [3.05, 3.63) is 54.1 Å². The summed E-state index contributed by atoms with van der Waals surface area (Å²) in [6.07, 6.45) is 3.57. The SMILES string of the molecule is CCCCSc1nnc2c(n1)O[C@@H](c1ccc(SC)cc1)N(C(C)=O)c1ccccc1-2. The third kappa shape index (κ3) is 4.55. The van der Waals surface area contributed by atoms with Gasteiger partial charge in [0.05, 0.1) is 5.69 Å². The fraction of sp³-hybridized carbons (Fsp3) is 0.304. The van der Waals surface area contributed by atoms with Gasteiger partial charge in [0, 0.05) is 28.7 Å². The van der Waals surface area contributed by atoms with Crippen LogP contribution in [0.5, 0.6) is 5.88 Å². The summed E-state index contributed by atoms with van der Waals surface area (Å²) in [5.74, 6) is 1.20. The van der Waals surface area contributed by atoms with Crippen molar-refractivity contribution < 1.29 is 9.53 Å². The number of hydrogen-bond acceptors (Lipinski definition) is 7. The third-order valence-corrected chi connectivity index (χ3v) is 6.65. The maximum Gasteiger partial charge on any atom is 0.247 e. The van der Waals surface area contributed by atoms with Crippen LogP contribution in [0.4, 0.5) is 5.69 Å². The molecule has 2 aromatic carbocycles. The normalized spacial score (nSPS) is 14.9. The molecule has 1 atom stereocenters. The fourth-order valence-corrected chi connectivity index (χ4v) is 4.68. The largest absolute Gasteiger partial charge is 0.447 e. The predicted molar refractivity (Wildman–Crippen MR) is 126 cm³/mol. The molecule has 1 aromatic heterocycles. The fourth-order valence-electron chi connectivity index (χ4n) is 3.41. The topological polar surface area (TPSA) is 68.2 Å². The Labute approximate surface area is 190 Å². The molecule has 0 bridgehead atoms. The Hall–Kier alpha value is -2.58. The van der Waals surface area contributed by atoms with Crippen LogP contribution in [0.2, 0.25) is 0 Å². The van der Waals surface area contributed by atoms with Crippen LogP contribution in [-0.4, -0.2) is 33.1 Å². The number of thioether (sulfide) groups is 2. The van der Waals surface area contributed by atoms with Crippen molar-refractivity contribution in [2.24, 2.45) is 0 Å². The van der Waals surface area contributed by atoms with E-state index in [4.69, 9.17) is 4.74 Å². The lowest BCUT2D eigenvalue weighted by atomic mass is 10.1. The molecule has 1 aliphatic rings. The van der Waals surface area contributed by atoms with Gasteiger partial charge in [-0.05, 0) is 30.9 Å². The van der Waals surface area contributed by atoms with Crippen molar-refractivity contribution in [2.45, 2.75) is 43.0 Å². The number of rotatable bonds is 6. The zero-order valence-electron chi connectivity index (χ0n) is 17.7. The lowest BCUT2D eigenvalue weighted by Crippen LogP contribution is -2.36. The van der Waals surface area contributed by atoms with E-state index in [2.05, 4.69) is 22.1 Å². The number of fused-ring (bicyclic) bond motifs is 3. The minimum Gasteiger partial charge on any atom is -0.447 e. The average Bonchev–Trinajstić information content (AvgIpc) is 2.93. The van der Waals surface area contributed by atoms with E-state index in [0.29, 0.717) is 16.7 Å². The molecule has 160 valence electrons. The number of anilines is 1. The highest BCUT2D eigenvalue weighted by atomic mass is 32.2. The molecule has 0 N–H and O–H groups in total. The predicted octanol–water partition coefficient (Wildman–Crippen LogP) is 5.60. The highest BCUT2D eigenvalue weighted by molar-refractivity contribution is 7.99. The van der Waals surface area contributed by atoms with E-state index in [1.54, 1.807) is 35.3 Å². The van der Waals surface area contributed by atoms with Gasteiger partial charge in [-0.25, -0.2) is 0 Å². The van der Waals surface area contributed by atoms with Gasteiger partial charge in [-0.3, -0.25) is 9.69 Å². The molecule has 0 saturated carbocycles. The van der Waals surface area contributed by atoms with E-state index in [0.717, 1.165) is 40.3 Å². The lowest BCUT2D eigenvalue weighted by molar-refractivity contribution is -0.118. The standard InChI is InChI=1S/C23H24N4O2S2/c1-4-5-14-31-23-24-21-20(25-26-23)18-8-6-7-9-19(18)27(15(2)28)22(29-21)16-10-12-17(30-3)13-11-16/h6-13,22H,4-5,14H2,1-3H3/t22-/m0/s1. The van der Waals surface area contributed by atoms with Crippen molar-refractivity contribution >= 4 is 35.1 Å². The van der Waals surface area contributed by atoms with E-state index in [-0.39, 0.29) is 5.91 Å². The van der Waals surface area contributed by atoms with Gasteiger partial charge in [-0.15, -0.1) is 22.0 Å². The van der Waals surface area contributed by atoms with E-state index >= 15 is 0 Å². The van der Waals surface area contributed by atoms with Crippen LogP contribution in [0.3, 0.4) is 0 Å². The van der Waals surface area contributed by atoms with Gasteiger partial charge in [0.25, 0.3) is 0 Å². The zero-order chi connectivity index (χ0) is 21.8. The third-order valence-electron chi connectivity index (χ3n) is 4.98. The molecule has 1 amide bonds.